The lowest BCUT2D eigenvalue weighted by molar-refractivity contribution is -0.144. The van der Waals surface area contributed by atoms with Crippen molar-refractivity contribution >= 4 is 16.0 Å². The Morgan fingerprint density at radius 2 is 2.06 bits per heavy atom. The molecule has 90 valence electrons. The molecule has 0 saturated heterocycles. The fraction of sp³-hybridized carbons (Fsp3) is 0.200. The average Bonchev–Trinajstić information content (AvgIpc) is 2.24. The largest absolute Gasteiger partial charge is 0.442 e. The van der Waals surface area contributed by atoms with Crippen molar-refractivity contribution in [1.82, 2.24) is 0 Å². The molecule has 1 aromatic carbocycles. The molecule has 0 aliphatic carbocycles. The predicted octanol–water partition coefficient (Wildman–Crippen LogP) is 0.462. The maximum absolute atomic E-state index is 11.3. The SMILES string of the molecule is CC(=O)OC(C#N)c1ccccc1S(N)(=O)=O. The molecule has 7 heteroatoms. The highest BCUT2D eigenvalue weighted by molar-refractivity contribution is 7.89. The molecule has 0 fully saturated rings. The number of nitrogens with two attached hydrogens (primary N) is 1. The number of nitrogens with zero attached hydrogens (tertiary/aromatic N) is 1. The quantitative estimate of drug-likeness (QED) is 0.788. The molecule has 0 aliphatic rings. The topological polar surface area (TPSA) is 110 Å². The van der Waals surface area contributed by atoms with Crippen molar-refractivity contribution in [2.75, 3.05) is 0 Å². The molecule has 1 rings (SSSR count). The van der Waals surface area contributed by atoms with Crippen LogP contribution in [0.4, 0.5) is 0 Å². The number of primary sulfonamides is 1. The number of hydrogen-bond acceptors (Lipinski definition) is 5. The lowest BCUT2D eigenvalue weighted by Gasteiger charge is -2.12. The number of sulfonamides is 1. The molecule has 0 saturated carbocycles. The Hall–Kier alpha value is -1.91. The minimum absolute atomic E-state index is 0.0488. The molecule has 0 heterocycles. The maximum atomic E-state index is 11.3. The highest BCUT2D eigenvalue weighted by Crippen LogP contribution is 2.23. The van der Waals surface area contributed by atoms with Gasteiger partial charge in [0.05, 0.1) is 4.90 Å². The minimum atomic E-state index is -3.97. The monoisotopic (exact) mass is 254 g/mol. The van der Waals surface area contributed by atoms with E-state index >= 15 is 0 Å². The van der Waals surface area contributed by atoms with Gasteiger partial charge in [-0.1, -0.05) is 18.2 Å². The van der Waals surface area contributed by atoms with Crippen LogP contribution in [0.2, 0.25) is 0 Å². The summed E-state index contributed by atoms with van der Waals surface area (Å²) in [6.45, 7) is 1.13. The molecule has 6 nitrogen and oxygen atoms in total. The highest BCUT2D eigenvalue weighted by Gasteiger charge is 2.22. The van der Waals surface area contributed by atoms with E-state index in [9.17, 15) is 13.2 Å². The van der Waals surface area contributed by atoms with Crippen molar-refractivity contribution in [2.45, 2.75) is 17.9 Å². The van der Waals surface area contributed by atoms with E-state index in [1.165, 1.54) is 24.3 Å². The summed E-state index contributed by atoms with van der Waals surface area (Å²) in [5.41, 5.74) is 0.0488. The second-order valence-electron chi connectivity index (χ2n) is 3.20. The van der Waals surface area contributed by atoms with Gasteiger partial charge in [0, 0.05) is 12.5 Å². The first-order chi connectivity index (χ1) is 7.86. The standard InChI is InChI=1S/C10H10N2O4S/c1-7(13)16-9(6-11)8-4-2-3-5-10(8)17(12,14)15/h2-5,9H,1H3,(H2,12,14,15). The zero-order chi connectivity index (χ0) is 13.1. The van der Waals surface area contributed by atoms with Crippen molar-refractivity contribution < 1.29 is 17.9 Å². The smallest absolute Gasteiger partial charge is 0.304 e. The van der Waals surface area contributed by atoms with Gasteiger partial charge < -0.3 is 4.74 Å². The summed E-state index contributed by atoms with van der Waals surface area (Å²) < 4.78 is 27.3. The summed E-state index contributed by atoms with van der Waals surface area (Å²) in [6.07, 6.45) is -1.29. The van der Waals surface area contributed by atoms with Crippen LogP contribution in [-0.4, -0.2) is 14.4 Å². The number of carbonyl (C=O) groups is 1. The van der Waals surface area contributed by atoms with E-state index in [0.717, 1.165) is 6.92 Å². The number of nitriles is 1. The third-order valence-corrected chi connectivity index (χ3v) is 2.89. The first kappa shape index (κ1) is 13.2. The summed E-state index contributed by atoms with van der Waals surface area (Å²) in [7, 11) is -3.97. The van der Waals surface area contributed by atoms with Gasteiger partial charge >= 0.3 is 5.97 Å². The first-order valence-electron chi connectivity index (χ1n) is 4.55. The number of rotatable bonds is 3. The molecule has 2 N–H and O–H groups in total. The number of ether oxygens (including phenoxy) is 1. The van der Waals surface area contributed by atoms with Crippen LogP contribution in [0.3, 0.4) is 0 Å². The summed E-state index contributed by atoms with van der Waals surface area (Å²) in [4.78, 5) is 10.6. The fourth-order valence-electron chi connectivity index (χ4n) is 1.28. The van der Waals surface area contributed by atoms with E-state index in [1.807, 2.05) is 0 Å². The van der Waals surface area contributed by atoms with E-state index in [2.05, 4.69) is 0 Å². The van der Waals surface area contributed by atoms with E-state index in [1.54, 1.807) is 6.07 Å². The van der Waals surface area contributed by atoms with Crippen molar-refractivity contribution in [1.29, 1.82) is 5.26 Å². The number of esters is 1. The van der Waals surface area contributed by atoms with Crippen molar-refractivity contribution in [3.63, 3.8) is 0 Å². The second-order valence-corrected chi connectivity index (χ2v) is 4.73. The normalized spacial score (nSPS) is 12.5. The van der Waals surface area contributed by atoms with Crippen LogP contribution < -0.4 is 5.14 Å². The third kappa shape index (κ3) is 3.27. The van der Waals surface area contributed by atoms with Crippen LogP contribution in [0.1, 0.15) is 18.6 Å². The minimum Gasteiger partial charge on any atom is -0.442 e. The van der Waals surface area contributed by atoms with Crippen LogP contribution in [-0.2, 0) is 19.6 Å². The molecular formula is C10H10N2O4S. The molecule has 1 atom stereocenters. The Balaban J connectivity index is 3.31. The lowest BCUT2D eigenvalue weighted by atomic mass is 10.1. The van der Waals surface area contributed by atoms with E-state index in [0.29, 0.717) is 0 Å². The molecule has 1 unspecified atom stereocenters. The molecule has 1 aromatic rings. The van der Waals surface area contributed by atoms with E-state index in [-0.39, 0.29) is 10.5 Å². The summed E-state index contributed by atoms with van der Waals surface area (Å²) >= 11 is 0. The summed E-state index contributed by atoms with van der Waals surface area (Å²) in [5.74, 6) is -0.680. The lowest BCUT2D eigenvalue weighted by Crippen LogP contribution is -2.17. The van der Waals surface area contributed by atoms with Crippen LogP contribution in [0.5, 0.6) is 0 Å². The third-order valence-electron chi connectivity index (χ3n) is 1.91. The zero-order valence-corrected chi connectivity index (χ0v) is 9.77. The Kier molecular flexibility index (Phi) is 3.83. The van der Waals surface area contributed by atoms with Gasteiger partial charge in [0.1, 0.15) is 6.07 Å². The van der Waals surface area contributed by atoms with E-state index < -0.39 is 22.1 Å². The van der Waals surface area contributed by atoms with Crippen LogP contribution in [0, 0.1) is 11.3 Å². The number of hydrogen-bond donors (Lipinski definition) is 1. The van der Waals surface area contributed by atoms with Crippen molar-refractivity contribution in [2.24, 2.45) is 5.14 Å². The van der Waals surface area contributed by atoms with Crippen LogP contribution >= 0.6 is 0 Å². The molecule has 0 amide bonds. The molecule has 0 radical (unpaired) electrons. The van der Waals surface area contributed by atoms with Crippen molar-refractivity contribution in [3.8, 4) is 6.07 Å². The van der Waals surface area contributed by atoms with Crippen molar-refractivity contribution in [3.05, 3.63) is 29.8 Å². The summed E-state index contributed by atoms with van der Waals surface area (Å²) in [6, 6.07) is 7.31. The van der Waals surface area contributed by atoms with Crippen LogP contribution in [0.15, 0.2) is 29.2 Å². The van der Waals surface area contributed by atoms with Gasteiger partial charge in [0.15, 0.2) is 0 Å². The van der Waals surface area contributed by atoms with Gasteiger partial charge in [-0.2, -0.15) is 5.26 Å². The summed E-state index contributed by atoms with van der Waals surface area (Å²) in [5, 5.41) is 13.9. The first-order valence-corrected chi connectivity index (χ1v) is 6.09. The molecule has 0 aromatic heterocycles. The Morgan fingerprint density at radius 3 is 2.53 bits per heavy atom. The van der Waals surface area contributed by atoms with Gasteiger partial charge in [0.2, 0.25) is 16.1 Å². The highest BCUT2D eigenvalue weighted by atomic mass is 32.2. The average molecular weight is 254 g/mol. The Morgan fingerprint density at radius 1 is 1.47 bits per heavy atom. The van der Waals surface area contributed by atoms with Crippen LogP contribution in [0.25, 0.3) is 0 Å². The molecule has 0 spiro atoms. The zero-order valence-electron chi connectivity index (χ0n) is 8.95. The van der Waals surface area contributed by atoms with E-state index in [4.69, 9.17) is 15.1 Å². The number of carbonyl (C=O) groups excluding carboxylic acids is 1. The van der Waals surface area contributed by atoms with Gasteiger partial charge in [-0.3, -0.25) is 4.79 Å². The molecule has 0 bridgehead atoms. The Labute approximate surface area is 98.7 Å². The number of benzene rings is 1. The predicted molar refractivity (Wildman–Crippen MR) is 57.9 cm³/mol. The van der Waals surface area contributed by atoms with Gasteiger partial charge in [-0.05, 0) is 6.07 Å². The fourth-order valence-corrected chi connectivity index (χ4v) is 2.05. The molecular weight excluding hydrogens is 244 g/mol. The van der Waals surface area contributed by atoms with Gasteiger partial charge in [-0.25, -0.2) is 13.6 Å². The van der Waals surface area contributed by atoms with Gasteiger partial charge in [-0.15, -0.1) is 0 Å². The van der Waals surface area contributed by atoms with Gasteiger partial charge in [0.25, 0.3) is 0 Å². The Bertz CT molecular complexity index is 574. The molecule has 0 aliphatic heterocycles. The molecule has 17 heavy (non-hydrogen) atoms. The second kappa shape index (κ2) is 4.95. The maximum Gasteiger partial charge on any atom is 0.304 e.